The molecule has 15 heavy (non-hydrogen) atoms. The van der Waals surface area contributed by atoms with E-state index >= 15 is 0 Å². The number of halogens is 2. The van der Waals surface area contributed by atoms with E-state index in [0.29, 0.717) is 12.0 Å². The summed E-state index contributed by atoms with van der Waals surface area (Å²) in [4.78, 5) is 11.2. The lowest BCUT2D eigenvalue weighted by molar-refractivity contribution is -0.147. The average molecular weight is 231 g/mol. The Kier molecular flexibility index (Phi) is 2.52. The first-order chi connectivity index (χ1) is 7.13. The molecule has 2 rings (SSSR count). The van der Waals surface area contributed by atoms with Crippen LogP contribution in [0.1, 0.15) is 5.56 Å². The first kappa shape index (κ1) is 10.2. The second kappa shape index (κ2) is 3.70. The number of ether oxygens (including phenoxy) is 2. The van der Waals surface area contributed by atoms with Gasteiger partial charge in [0.05, 0.1) is 12.1 Å². The maximum absolute atomic E-state index is 13.4. The van der Waals surface area contributed by atoms with Crippen LogP contribution in [-0.2, 0) is 16.0 Å². The van der Waals surface area contributed by atoms with Crippen LogP contribution in [0.15, 0.2) is 12.1 Å². The molecule has 0 N–H and O–H groups in total. The van der Waals surface area contributed by atoms with Crippen LogP contribution < -0.4 is 4.74 Å². The Hall–Kier alpha value is -1.29. The molecule has 1 unspecified atom stereocenters. The van der Waals surface area contributed by atoms with Gasteiger partial charge in [-0.3, -0.25) is 0 Å². The molecule has 5 heteroatoms. The molecule has 1 aromatic rings. The minimum Gasteiger partial charge on any atom is -0.475 e. The van der Waals surface area contributed by atoms with Crippen molar-refractivity contribution < 1.29 is 18.7 Å². The molecular formula is C10H8ClFO3. The maximum Gasteiger partial charge on any atom is 0.347 e. The first-order valence-corrected chi connectivity index (χ1v) is 4.72. The molecule has 0 bridgehead atoms. The van der Waals surface area contributed by atoms with Crippen molar-refractivity contribution in [3.8, 4) is 5.75 Å². The zero-order valence-electron chi connectivity index (χ0n) is 7.92. The van der Waals surface area contributed by atoms with Crippen LogP contribution in [0.4, 0.5) is 4.39 Å². The van der Waals surface area contributed by atoms with Crippen molar-refractivity contribution in [2.45, 2.75) is 12.5 Å². The molecule has 80 valence electrons. The molecule has 0 aromatic heterocycles. The monoisotopic (exact) mass is 230 g/mol. The van der Waals surface area contributed by atoms with E-state index < -0.39 is 17.9 Å². The van der Waals surface area contributed by atoms with Gasteiger partial charge in [0.15, 0.2) is 17.7 Å². The largest absolute Gasteiger partial charge is 0.475 e. The predicted octanol–water partition coefficient (Wildman–Crippen LogP) is 1.96. The third-order valence-electron chi connectivity index (χ3n) is 2.26. The van der Waals surface area contributed by atoms with Crippen LogP contribution in [0.5, 0.6) is 5.75 Å². The topological polar surface area (TPSA) is 35.5 Å². The summed E-state index contributed by atoms with van der Waals surface area (Å²) < 4.78 is 23.1. The normalized spacial score (nSPS) is 18.2. The van der Waals surface area contributed by atoms with Crippen molar-refractivity contribution in [3.05, 3.63) is 28.5 Å². The number of esters is 1. The van der Waals surface area contributed by atoms with Gasteiger partial charge in [-0.15, -0.1) is 0 Å². The highest BCUT2D eigenvalue weighted by Gasteiger charge is 2.32. The Morgan fingerprint density at radius 3 is 3.07 bits per heavy atom. The molecule has 0 radical (unpaired) electrons. The molecule has 0 amide bonds. The van der Waals surface area contributed by atoms with Crippen molar-refractivity contribution in [1.82, 2.24) is 0 Å². The zero-order valence-corrected chi connectivity index (χ0v) is 8.68. The Bertz CT molecular complexity index is 419. The molecule has 0 saturated heterocycles. The van der Waals surface area contributed by atoms with E-state index in [4.69, 9.17) is 16.3 Å². The molecule has 0 saturated carbocycles. The van der Waals surface area contributed by atoms with E-state index in [9.17, 15) is 9.18 Å². The quantitative estimate of drug-likeness (QED) is 0.692. The molecule has 1 aliphatic rings. The van der Waals surface area contributed by atoms with Crippen molar-refractivity contribution in [2.75, 3.05) is 7.11 Å². The number of hydrogen-bond acceptors (Lipinski definition) is 3. The first-order valence-electron chi connectivity index (χ1n) is 4.35. The Labute approximate surface area is 90.7 Å². The summed E-state index contributed by atoms with van der Waals surface area (Å²) in [5, 5.41) is -0.0146. The van der Waals surface area contributed by atoms with Gasteiger partial charge in [0.25, 0.3) is 0 Å². The summed E-state index contributed by atoms with van der Waals surface area (Å²) in [6.45, 7) is 0. The van der Waals surface area contributed by atoms with Crippen LogP contribution >= 0.6 is 11.6 Å². The smallest absolute Gasteiger partial charge is 0.347 e. The lowest BCUT2D eigenvalue weighted by Crippen LogP contribution is -2.26. The highest BCUT2D eigenvalue weighted by atomic mass is 35.5. The Balaban J connectivity index is 2.31. The van der Waals surface area contributed by atoms with Crippen LogP contribution in [0.25, 0.3) is 0 Å². The number of carbonyl (C=O) groups is 1. The third kappa shape index (κ3) is 1.65. The minimum absolute atomic E-state index is 0.0146. The molecule has 0 aliphatic carbocycles. The van der Waals surface area contributed by atoms with Crippen LogP contribution in [-0.4, -0.2) is 19.2 Å². The van der Waals surface area contributed by atoms with Crippen molar-refractivity contribution in [3.63, 3.8) is 0 Å². The maximum atomic E-state index is 13.4. The molecule has 1 heterocycles. The van der Waals surface area contributed by atoms with Crippen LogP contribution in [0, 0.1) is 5.82 Å². The predicted molar refractivity (Wildman–Crippen MR) is 51.5 cm³/mol. The number of benzene rings is 1. The highest BCUT2D eigenvalue weighted by molar-refractivity contribution is 6.30. The molecule has 1 aromatic carbocycles. The standard InChI is InChI=1S/C10H8ClFO3/c1-14-10(13)7-4-5-2-3-6(11)8(12)9(5)15-7/h2-3,7H,4H2,1H3. The molecular weight excluding hydrogens is 223 g/mol. The number of hydrogen-bond donors (Lipinski definition) is 0. The highest BCUT2D eigenvalue weighted by Crippen LogP contribution is 2.35. The van der Waals surface area contributed by atoms with Gasteiger partial charge in [0, 0.05) is 12.0 Å². The Morgan fingerprint density at radius 2 is 2.40 bits per heavy atom. The molecule has 1 aliphatic heterocycles. The second-order valence-corrected chi connectivity index (χ2v) is 3.59. The van der Waals surface area contributed by atoms with Gasteiger partial charge in [-0.25, -0.2) is 9.18 Å². The zero-order chi connectivity index (χ0) is 11.0. The average Bonchev–Trinajstić information content (AvgIpc) is 2.67. The van der Waals surface area contributed by atoms with E-state index in [0.717, 1.165) is 0 Å². The third-order valence-corrected chi connectivity index (χ3v) is 2.55. The van der Waals surface area contributed by atoms with Gasteiger partial charge in [0.1, 0.15) is 0 Å². The fourth-order valence-corrected chi connectivity index (χ4v) is 1.66. The molecule has 0 spiro atoms. The lowest BCUT2D eigenvalue weighted by atomic mass is 10.1. The van der Waals surface area contributed by atoms with Crippen molar-refractivity contribution in [1.29, 1.82) is 0 Å². The lowest BCUT2D eigenvalue weighted by Gasteiger charge is -2.07. The number of fused-ring (bicyclic) bond motifs is 1. The Morgan fingerprint density at radius 1 is 1.67 bits per heavy atom. The summed E-state index contributed by atoms with van der Waals surface area (Å²) in [5.74, 6) is -1.08. The van der Waals surface area contributed by atoms with Crippen LogP contribution in [0.2, 0.25) is 5.02 Å². The van der Waals surface area contributed by atoms with Crippen molar-refractivity contribution >= 4 is 17.6 Å². The summed E-state index contributed by atoms with van der Waals surface area (Å²) in [7, 11) is 1.26. The molecule has 1 atom stereocenters. The summed E-state index contributed by atoms with van der Waals surface area (Å²) in [6.07, 6.45) is -0.450. The fraction of sp³-hybridized carbons (Fsp3) is 0.300. The van der Waals surface area contributed by atoms with Crippen LogP contribution in [0.3, 0.4) is 0 Å². The number of carbonyl (C=O) groups excluding carboxylic acids is 1. The van der Waals surface area contributed by atoms with Gasteiger partial charge >= 0.3 is 5.97 Å². The van der Waals surface area contributed by atoms with Gasteiger partial charge in [-0.2, -0.15) is 0 Å². The number of methoxy groups -OCH3 is 1. The van der Waals surface area contributed by atoms with E-state index in [2.05, 4.69) is 4.74 Å². The van der Waals surface area contributed by atoms with Crippen molar-refractivity contribution in [2.24, 2.45) is 0 Å². The van der Waals surface area contributed by atoms with Gasteiger partial charge < -0.3 is 9.47 Å². The summed E-state index contributed by atoms with van der Waals surface area (Å²) in [5.41, 5.74) is 0.632. The second-order valence-electron chi connectivity index (χ2n) is 3.18. The van der Waals surface area contributed by atoms with E-state index in [1.54, 1.807) is 6.07 Å². The molecule has 0 fully saturated rings. The van der Waals surface area contributed by atoms with Gasteiger partial charge in [-0.1, -0.05) is 17.7 Å². The molecule has 3 nitrogen and oxygen atoms in total. The van der Waals surface area contributed by atoms with E-state index in [-0.39, 0.29) is 10.8 Å². The van der Waals surface area contributed by atoms with E-state index in [1.165, 1.54) is 13.2 Å². The van der Waals surface area contributed by atoms with E-state index in [1.807, 2.05) is 0 Å². The fourth-order valence-electron chi connectivity index (χ4n) is 1.51. The SMILES string of the molecule is COC(=O)C1Cc2ccc(Cl)c(F)c2O1. The minimum atomic E-state index is -0.766. The summed E-state index contributed by atoms with van der Waals surface area (Å²) in [6, 6.07) is 3.09. The number of rotatable bonds is 1. The van der Waals surface area contributed by atoms with Gasteiger partial charge in [-0.05, 0) is 6.07 Å². The summed E-state index contributed by atoms with van der Waals surface area (Å²) >= 11 is 5.58. The van der Waals surface area contributed by atoms with Gasteiger partial charge in [0.2, 0.25) is 0 Å².